The minimum Gasteiger partial charge on any atom is -0.464 e. The highest BCUT2D eigenvalue weighted by atomic mass is 32.1. The van der Waals surface area contributed by atoms with Crippen molar-refractivity contribution in [2.45, 2.75) is 0 Å². The normalized spacial score (nSPS) is 10.0. The largest absolute Gasteiger partial charge is 0.464 e. The van der Waals surface area contributed by atoms with Crippen LogP contribution in [-0.4, -0.2) is 0 Å². The first-order chi connectivity index (χ1) is 4.97. The molecule has 0 fully saturated rings. The van der Waals surface area contributed by atoms with Gasteiger partial charge in [0.1, 0.15) is 5.76 Å². The number of hydrogen-bond donors (Lipinski definition) is 0. The van der Waals surface area contributed by atoms with Gasteiger partial charge < -0.3 is 4.42 Å². The summed E-state index contributed by atoms with van der Waals surface area (Å²) in [7, 11) is 0. The monoisotopic (exact) mass is 149 g/mol. The third-order valence-electron chi connectivity index (χ3n) is 1.26. The van der Waals surface area contributed by atoms with Gasteiger partial charge in [-0.1, -0.05) is 0 Å². The van der Waals surface area contributed by atoms with Crippen LogP contribution in [0.4, 0.5) is 0 Å². The molecule has 49 valence electrons. The van der Waals surface area contributed by atoms with Crippen molar-refractivity contribution in [2.75, 3.05) is 0 Å². The summed E-state index contributed by atoms with van der Waals surface area (Å²) >= 11 is 1.55. The molecular weight excluding hydrogens is 144 g/mol. The van der Waals surface area contributed by atoms with Gasteiger partial charge in [-0.15, -0.1) is 11.3 Å². The van der Waals surface area contributed by atoms with Gasteiger partial charge in [0, 0.05) is 5.56 Å². The van der Waals surface area contributed by atoms with E-state index in [1.807, 2.05) is 23.6 Å². The Labute approximate surface area is 62.9 Å². The van der Waals surface area contributed by atoms with E-state index in [0.717, 1.165) is 11.3 Å². The maximum absolute atomic E-state index is 5.15. The summed E-state index contributed by atoms with van der Waals surface area (Å²) in [6.07, 6.45) is 1.67. The molecule has 0 unspecified atom stereocenters. The van der Waals surface area contributed by atoms with Crippen LogP contribution in [0.5, 0.6) is 0 Å². The zero-order valence-electron chi connectivity index (χ0n) is 5.20. The Balaban J connectivity index is 2.48. The van der Waals surface area contributed by atoms with Crippen molar-refractivity contribution in [1.82, 2.24) is 0 Å². The predicted molar refractivity (Wildman–Crippen MR) is 40.9 cm³/mol. The van der Waals surface area contributed by atoms with E-state index in [1.54, 1.807) is 17.6 Å². The molecule has 0 bridgehead atoms. The van der Waals surface area contributed by atoms with E-state index >= 15 is 0 Å². The molecule has 2 aromatic rings. The molecule has 2 aromatic heterocycles. The number of hydrogen-bond acceptors (Lipinski definition) is 2. The van der Waals surface area contributed by atoms with Crippen LogP contribution >= 0.6 is 11.3 Å². The summed E-state index contributed by atoms with van der Waals surface area (Å²) < 4.78 is 5.15. The van der Waals surface area contributed by atoms with Crippen LogP contribution in [0.25, 0.3) is 11.3 Å². The Morgan fingerprint density at radius 3 is 3.00 bits per heavy atom. The van der Waals surface area contributed by atoms with E-state index < -0.39 is 0 Å². The van der Waals surface area contributed by atoms with Crippen LogP contribution in [0.15, 0.2) is 34.3 Å². The second-order valence-electron chi connectivity index (χ2n) is 1.91. The molecular formula is C8H5OS. The molecule has 0 aliphatic carbocycles. The molecule has 2 rings (SSSR count). The SMILES string of the molecule is [c]1sccc1-c1ccco1. The first-order valence-electron chi connectivity index (χ1n) is 2.96. The average molecular weight is 149 g/mol. The Morgan fingerprint density at radius 1 is 1.40 bits per heavy atom. The van der Waals surface area contributed by atoms with Crippen molar-refractivity contribution < 1.29 is 4.42 Å². The van der Waals surface area contributed by atoms with Crippen LogP contribution in [0.3, 0.4) is 0 Å². The molecule has 0 amide bonds. The van der Waals surface area contributed by atoms with E-state index in [2.05, 4.69) is 5.38 Å². The summed E-state index contributed by atoms with van der Waals surface area (Å²) in [4.78, 5) is 0. The highest BCUT2D eigenvalue weighted by Gasteiger charge is 1.98. The molecule has 0 saturated heterocycles. The topological polar surface area (TPSA) is 13.1 Å². The first kappa shape index (κ1) is 5.74. The Bertz CT molecular complexity index is 249. The molecule has 0 N–H and O–H groups in total. The van der Waals surface area contributed by atoms with E-state index in [9.17, 15) is 0 Å². The van der Waals surface area contributed by atoms with Gasteiger partial charge in [0.25, 0.3) is 0 Å². The predicted octanol–water partition coefficient (Wildman–Crippen LogP) is 2.81. The summed E-state index contributed by atoms with van der Waals surface area (Å²) in [6.45, 7) is 0. The third-order valence-corrected chi connectivity index (χ3v) is 1.87. The van der Waals surface area contributed by atoms with Crippen LogP contribution in [-0.2, 0) is 0 Å². The van der Waals surface area contributed by atoms with Gasteiger partial charge >= 0.3 is 0 Å². The maximum atomic E-state index is 5.15. The van der Waals surface area contributed by atoms with Gasteiger partial charge in [-0.25, -0.2) is 0 Å². The molecule has 0 aliphatic rings. The van der Waals surface area contributed by atoms with Crippen LogP contribution in [0.1, 0.15) is 0 Å². The number of furan rings is 1. The first-order valence-corrected chi connectivity index (χ1v) is 3.84. The smallest absolute Gasteiger partial charge is 0.135 e. The zero-order valence-corrected chi connectivity index (χ0v) is 6.02. The lowest BCUT2D eigenvalue weighted by molar-refractivity contribution is 0.582. The fraction of sp³-hybridized carbons (Fsp3) is 0. The fourth-order valence-corrected chi connectivity index (χ4v) is 1.37. The second kappa shape index (κ2) is 2.31. The molecule has 0 aliphatic heterocycles. The van der Waals surface area contributed by atoms with Crippen LogP contribution in [0, 0.1) is 5.38 Å². The summed E-state index contributed by atoms with van der Waals surface area (Å²) in [5.74, 6) is 0.890. The van der Waals surface area contributed by atoms with Gasteiger partial charge in [-0.05, 0) is 23.6 Å². The molecule has 2 heteroatoms. The summed E-state index contributed by atoms with van der Waals surface area (Å²) in [6, 6.07) is 5.79. The van der Waals surface area contributed by atoms with Crippen LogP contribution in [0.2, 0.25) is 0 Å². The second-order valence-corrected chi connectivity index (χ2v) is 2.63. The maximum Gasteiger partial charge on any atom is 0.135 e. The van der Waals surface area contributed by atoms with Gasteiger partial charge in [-0.2, -0.15) is 0 Å². The van der Waals surface area contributed by atoms with E-state index in [0.29, 0.717) is 0 Å². The lowest BCUT2D eigenvalue weighted by Crippen LogP contribution is -1.61. The highest BCUT2D eigenvalue weighted by Crippen LogP contribution is 2.20. The van der Waals surface area contributed by atoms with Crippen molar-refractivity contribution in [3.63, 3.8) is 0 Å². The zero-order chi connectivity index (χ0) is 6.81. The molecule has 1 nitrogen and oxygen atoms in total. The summed E-state index contributed by atoms with van der Waals surface area (Å²) in [5.41, 5.74) is 1.04. The Morgan fingerprint density at radius 2 is 2.40 bits per heavy atom. The van der Waals surface area contributed by atoms with Gasteiger partial charge in [-0.3, -0.25) is 0 Å². The quantitative estimate of drug-likeness (QED) is 0.607. The lowest BCUT2D eigenvalue weighted by Gasteiger charge is -1.84. The minimum atomic E-state index is 0.890. The molecule has 2 heterocycles. The van der Waals surface area contributed by atoms with Gasteiger partial charge in [0.2, 0.25) is 0 Å². The number of rotatable bonds is 1. The standard InChI is InChI=1S/C8H5OS/c1-2-8(9-4-1)7-3-5-10-6-7/h1-5H. The Hall–Kier alpha value is -1.02. The molecule has 0 spiro atoms. The minimum absolute atomic E-state index is 0.890. The van der Waals surface area contributed by atoms with Crippen molar-refractivity contribution in [2.24, 2.45) is 0 Å². The van der Waals surface area contributed by atoms with E-state index in [4.69, 9.17) is 4.42 Å². The molecule has 0 saturated carbocycles. The van der Waals surface area contributed by atoms with Crippen molar-refractivity contribution in [3.05, 3.63) is 35.2 Å². The summed E-state index contributed by atoms with van der Waals surface area (Å²) in [5, 5.41) is 5.07. The van der Waals surface area contributed by atoms with Gasteiger partial charge in [0.05, 0.1) is 11.6 Å². The van der Waals surface area contributed by atoms with E-state index in [1.165, 1.54) is 0 Å². The van der Waals surface area contributed by atoms with Crippen molar-refractivity contribution in [3.8, 4) is 11.3 Å². The third kappa shape index (κ3) is 0.866. The lowest BCUT2D eigenvalue weighted by atomic mass is 10.3. The molecule has 1 radical (unpaired) electrons. The fourth-order valence-electron chi connectivity index (χ4n) is 0.798. The molecule has 0 atom stereocenters. The Kier molecular flexibility index (Phi) is 1.32. The average Bonchev–Trinajstić information content (AvgIpc) is 2.59. The van der Waals surface area contributed by atoms with Gasteiger partial charge in [0.15, 0.2) is 0 Å². The molecule has 10 heavy (non-hydrogen) atoms. The van der Waals surface area contributed by atoms with Crippen molar-refractivity contribution >= 4 is 11.3 Å². The van der Waals surface area contributed by atoms with Crippen molar-refractivity contribution in [1.29, 1.82) is 0 Å². The molecule has 0 aromatic carbocycles. The highest BCUT2D eigenvalue weighted by molar-refractivity contribution is 7.07. The van der Waals surface area contributed by atoms with E-state index in [-0.39, 0.29) is 0 Å². The number of thiophene rings is 1. The van der Waals surface area contributed by atoms with Crippen LogP contribution < -0.4 is 0 Å².